The summed E-state index contributed by atoms with van der Waals surface area (Å²) in [4.78, 5) is 14.9. The van der Waals surface area contributed by atoms with Crippen molar-refractivity contribution in [2.24, 2.45) is 0 Å². The number of carboxylic acids is 1. The molecule has 0 radical (unpaired) electrons. The van der Waals surface area contributed by atoms with E-state index in [0.29, 0.717) is 0 Å². The number of thioether (sulfide) groups is 1. The summed E-state index contributed by atoms with van der Waals surface area (Å²) < 4.78 is 0. The maximum Gasteiger partial charge on any atom is 0.354 e. The molecule has 0 saturated carbocycles. The fourth-order valence-corrected chi connectivity index (χ4v) is 2.50. The van der Waals surface area contributed by atoms with Crippen LogP contribution in [0.4, 0.5) is 0 Å². The highest BCUT2D eigenvalue weighted by Crippen LogP contribution is 2.22. The Kier molecular flexibility index (Phi) is 3.99. The van der Waals surface area contributed by atoms with Gasteiger partial charge in [-0.05, 0) is 30.2 Å². The van der Waals surface area contributed by atoms with Gasteiger partial charge in [0.1, 0.15) is 5.69 Å². The SMILES string of the molecule is Cc1ccccc1CSc1cccc(C(=O)O)n1. The molecule has 4 heteroatoms. The maximum atomic E-state index is 10.8. The fraction of sp³-hybridized carbons (Fsp3) is 0.143. The van der Waals surface area contributed by atoms with Gasteiger partial charge in [-0.2, -0.15) is 0 Å². The largest absolute Gasteiger partial charge is 0.477 e. The Morgan fingerprint density at radius 3 is 2.72 bits per heavy atom. The van der Waals surface area contributed by atoms with Crippen LogP contribution in [0.1, 0.15) is 21.6 Å². The number of aromatic carboxylic acids is 1. The molecule has 0 aliphatic rings. The number of aryl methyl sites for hydroxylation is 1. The first kappa shape index (κ1) is 12.6. The predicted molar refractivity (Wildman–Crippen MR) is 71.9 cm³/mol. The van der Waals surface area contributed by atoms with E-state index in [1.165, 1.54) is 17.2 Å². The van der Waals surface area contributed by atoms with Crippen LogP contribution in [0.15, 0.2) is 47.5 Å². The van der Waals surface area contributed by atoms with Crippen molar-refractivity contribution >= 4 is 17.7 Å². The molecule has 0 saturated heterocycles. The molecule has 0 amide bonds. The third-order valence-corrected chi connectivity index (χ3v) is 3.56. The highest BCUT2D eigenvalue weighted by atomic mass is 32.2. The van der Waals surface area contributed by atoms with Gasteiger partial charge in [-0.15, -0.1) is 11.8 Å². The van der Waals surface area contributed by atoms with Crippen molar-refractivity contribution in [1.29, 1.82) is 0 Å². The Hall–Kier alpha value is -1.81. The van der Waals surface area contributed by atoms with Gasteiger partial charge in [0.2, 0.25) is 0 Å². The molecule has 2 rings (SSSR count). The van der Waals surface area contributed by atoms with Crippen LogP contribution in [0.3, 0.4) is 0 Å². The zero-order valence-corrected chi connectivity index (χ0v) is 10.8. The summed E-state index contributed by atoms with van der Waals surface area (Å²) in [5.74, 6) is -0.198. The van der Waals surface area contributed by atoms with Crippen molar-refractivity contribution < 1.29 is 9.90 Å². The Morgan fingerprint density at radius 2 is 2.00 bits per heavy atom. The number of carbonyl (C=O) groups is 1. The van der Waals surface area contributed by atoms with E-state index in [2.05, 4.69) is 24.0 Å². The highest BCUT2D eigenvalue weighted by molar-refractivity contribution is 7.98. The van der Waals surface area contributed by atoms with Gasteiger partial charge >= 0.3 is 5.97 Å². The molecule has 18 heavy (non-hydrogen) atoms. The monoisotopic (exact) mass is 259 g/mol. The molecule has 1 aromatic heterocycles. The van der Waals surface area contributed by atoms with Crippen LogP contribution in [0.25, 0.3) is 0 Å². The van der Waals surface area contributed by atoms with E-state index >= 15 is 0 Å². The van der Waals surface area contributed by atoms with Gasteiger partial charge in [0.05, 0.1) is 5.03 Å². The maximum absolute atomic E-state index is 10.8. The van der Waals surface area contributed by atoms with Crippen LogP contribution in [0.2, 0.25) is 0 Å². The first-order chi connectivity index (χ1) is 8.66. The van der Waals surface area contributed by atoms with Crippen molar-refractivity contribution in [3.05, 3.63) is 59.3 Å². The van der Waals surface area contributed by atoms with Crippen molar-refractivity contribution in [2.45, 2.75) is 17.7 Å². The number of carboxylic acid groups (broad SMARTS) is 1. The van der Waals surface area contributed by atoms with Crippen LogP contribution < -0.4 is 0 Å². The molecule has 0 unspecified atom stereocenters. The van der Waals surface area contributed by atoms with E-state index in [9.17, 15) is 4.79 Å². The molecule has 92 valence electrons. The van der Waals surface area contributed by atoms with Crippen molar-refractivity contribution in [3.8, 4) is 0 Å². The molecule has 0 fully saturated rings. The van der Waals surface area contributed by atoms with E-state index < -0.39 is 5.97 Å². The van der Waals surface area contributed by atoms with Gasteiger partial charge in [-0.25, -0.2) is 9.78 Å². The average molecular weight is 259 g/mol. The Balaban J connectivity index is 2.09. The zero-order chi connectivity index (χ0) is 13.0. The Morgan fingerprint density at radius 1 is 1.22 bits per heavy atom. The van der Waals surface area contributed by atoms with Crippen LogP contribution in [0.5, 0.6) is 0 Å². The van der Waals surface area contributed by atoms with E-state index in [1.807, 2.05) is 18.2 Å². The first-order valence-electron chi connectivity index (χ1n) is 5.54. The topological polar surface area (TPSA) is 50.2 Å². The summed E-state index contributed by atoms with van der Waals surface area (Å²) in [5, 5.41) is 9.60. The van der Waals surface area contributed by atoms with E-state index in [-0.39, 0.29) is 5.69 Å². The quantitative estimate of drug-likeness (QED) is 0.855. The molecule has 0 atom stereocenters. The van der Waals surface area contributed by atoms with Crippen LogP contribution in [0, 0.1) is 6.92 Å². The smallest absolute Gasteiger partial charge is 0.354 e. The minimum atomic E-state index is -0.992. The summed E-state index contributed by atoms with van der Waals surface area (Å²) in [6.45, 7) is 2.07. The van der Waals surface area contributed by atoms with Crippen molar-refractivity contribution in [2.75, 3.05) is 0 Å². The number of hydrogen-bond acceptors (Lipinski definition) is 3. The number of aromatic nitrogens is 1. The van der Waals surface area contributed by atoms with Gasteiger partial charge in [0.15, 0.2) is 0 Å². The zero-order valence-electron chi connectivity index (χ0n) is 9.96. The third-order valence-electron chi connectivity index (χ3n) is 2.58. The average Bonchev–Trinajstić information content (AvgIpc) is 2.38. The number of rotatable bonds is 4. The number of hydrogen-bond donors (Lipinski definition) is 1. The van der Waals surface area contributed by atoms with Gasteiger partial charge in [0, 0.05) is 5.75 Å². The summed E-state index contributed by atoms with van der Waals surface area (Å²) in [7, 11) is 0. The summed E-state index contributed by atoms with van der Waals surface area (Å²) in [5.41, 5.74) is 2.56. The van der Waals surface area contributed by atoms with E-state index in [4.69, 9.17) is 5.11 Å². The van der Waals surface area contributed by atoms with E-state index in [1.54, 1.807) is 17.8 Å². The summed E-state index contributed by atoms with van der Waals surface area (Å²) in [6, 6.07) is 13.2. The first-order valence-corrected chi connectivity index (χ1v) is 6.53. The molecule has 1 heterocycles. The molecular weight excluding hydrogens is 246 g/mol. The van der Waals surface area contributed by atoms with Crippen molar-refractivity contribution in [1.82, 2.24) is 4.98 Å². The fourth-order valence-electron chi connectivity index (χ4n) is 1.54. The predicted octanol–water partition coefficient (Wildman–Crippen LogP) is 3.38. The lowest BCUT2D eigenvalue weighted by atomic mass is 10.1. The van der Waals surface area contributed by atoms with Gasteiger partial charge < -0.3 is 5.11 Å². The second kappa shape index (κ2) is 5.69. The minimum Gasteiger partial charge on any atom is -0.477 e. The number of benzene rings is 1. The summed E-state index contributed by atoms with van der Waals surface area (Å²) in [6.07, 6.45) is 0. The highest BCUT2D eigenvalue weighted by Gasteiger charge is 2.06. The molecule has 3 nitrogen and oxygen atoms in total. The normalized spacial score (nSPS) is 10.3. The molecule has 0 aliphatic heterocycles. The molecule has 1 N–H and O–H groups in total. The molecule has 1 aromatic carbocycles. The van der Waals surface area contributed by atoms with Crippen molar-refractivity contribution in [3.63, 3.8) is 0 Å². The molecule has 0 aliphatic carbocycles. The van der Waals surface area contributed by atoms with Gasteiger partial charge in [-0.1, -0.05) is 30.3 Å². The molecule has 0 bridgehead atoms. The van der Waals surface area contributed by atoms with Gasteiger partial charge in [-0.3, -0.25) is 0 Å². The van der Waals surface area contributed by atoms with Crippen LogP contribution >= 0.6 is 11.8 Å². The second-order valence-corrected chi connectivity index (χ2v) is 4.88. The molecular formula is C14H13NO2S. The molecule has 2 aromatic rings. The molecule has 0 spiro atoms. The van der Waals surface area contributed by atoms with Crippen LogP contribution in [-0.2, 0) is 5.75 Å². The lowest BCUT2D eigenvalue weighted by Gasteiger charge is -2.05. The van der Waals surface area contributed by atoms with Crippen LogP contribution in [-0.4, -0.2) is 16.1 Å². The second-order valence-electron chi connectivity index (χ2n) is 3.88. The number of pyridine rings is 1. The summed E-state index contributed by atoms with van der Waals surface area (Å²) >= 11 is 1.54. The standard InChI is InChI=1S/C14H13NO2S/c1-10-5-2-3-6-11(10)9-18-13-8-4-7-12(15-13)14(16)17/h2-8H,9H2,1H3,(H,16,17). The lowest BCUT2D eigenvalue weighted by molar-refractivity contribution is 0.0689. The minimum absolute atomic E-state index is 0.0878. The lowest BCUT2D eigenvalue weighted by Crippen LogP contribution is -2.00. The van der Waals surface area contributed by atoms with Gasteiger partial charge in [0.25, 0.3) is 0 Å². The van der Waals surface area contributed by atoms with E-state index in [0.717, 1.165) is 10.8 Å². The number of nitrogens with zero attached hydrogens (tertiary/aromatic N) is 1. The Bertz CT molecular complexity index is 569. The third kappa shape index (κ3) is 3.11. The Labute approximate surface area is 110 Å².